The van der Waals surface area contributed by atoms with Crippen LogP contribution in [0.4, 0.5) is 0 Å². The maximum Gasteiger partial charge on any atom is 0.128 e. The Kier molecular flexibility index (Phi) is 5.43. The van der Waals surface area contributed by atoms with E-state index >= 15 is 0 Å². The lowest BCUT2D eigenvalue weighted by atomic mass is 9.91. The van der Waals surface area contributed by atoms with Gasteiger partial charge in [-0.05, 0) is 93.0 Å². The molecule has 130 valence electrons. The van der Waals surface area contributed by atoms with Crippen LogP contribution < -0.4 is 4.74 Å². The largest absolute Gasteiger partial charge is 0.457 e. The number of rotatable bonds is 5. The molecule has 1 heteroatoms. The van der Waals surface area contributed by atoms with E-state index < -0.39 is 0 Å². The Balaban J connectivity index is 1.79. The number of allylic oxidation sites excluding steroid dienone is 3. The van der Waals surface area contributed by atoms with Crippen molar-refractivity contribution in [1.82, 2.24) is 0 Å². The predicted molar refractivity (Wildman–Crippen MR) is 108 cm³/mol. The molecular formula is C24H28O. The zero-order valence-electron chi connectivity index (χ0n) is 15.9. The van der Waals surface area contributed by atoms with Crippen molar-refractivity contribution in [2.75, 3.05) is 0 Å². The molecule has 0 atom stereocenters. The maximum atomic E-state index is 6.09. The fraction of sp³-hybridized carbons (Fsp3) is 0.333. The molecule has 0 amide bonds. The van der Waals surface area contributed by atoms with Crippen molar-refractivity contribution in [3.05, 3.63) is 70.3 Å². The first-order valence-electron chi connectivity index (χ1n) is 9.31. The first-order valence-corrected chi connectivity index (χ1v) is 9.31. The molecule has 0 N–H and O–H groups in total. The lowest BCUT2D eigenvalue weighted by Gasteiger charge is -2.16. The molecule has 2 aromatic rings. The monoisotopic (exact) mass is 332 g/mol. The second-order valence-electron chi connectivity index (χ2n) is 7.06. The van der Waals surface area contributed by atoms with Crippen LogP contribution in [0.15, 0.2) is 53.6 Å². The topological polar surface area (TPSA) is 9.23 Å². The lowest BCUT2D eigenvalue weighted by Crippen LogP contribution is -1.95. The molecule has 1 aliphatic rings. The Hall–Kier alpha value is -2.28. The van der Waals surface area contributed by atoms with Crippen LogP contribution in [0.5, 0.6) is 11.5 Å². The van der Waals surface area contributed by atoms with E-state index in [2.05, 4.69) is 76.2 Å². The van der Waals surface area contributed by atoms with E-state index in [1.165, 1.54) is 47.1 Å². The molecule has 1 fully saturated rings. The van der Waals surface area contributed by atoms with Gasteiger partial charge in [-0.25, -0.2) is 0 Å². The highest BCUT2D eigenvalue weighted by Gasteiger charge is 2.08. The van der Waals surface area contributed by atoms with Gasteiger partial charge in [-0.3, -0.25) is 0 Å². The van der Waals surface area contributed by atoms with Crippen LogP contribution in [0.1, 0.15) is 63.1 Å². The molecule has 1 nitrogen and oxygen atoms in total. The van der Waals surface area contributed by atoms with Crippen LogP contribution in [-0.4, -0.2) is 0 Å². The van der Waals surface area contributed by atoms with Crippen molar-refractivity contribution in [3.63, 3.8) is 0 Å². The summed E-state index contributed by atoms with van der Waals surface area (Å²) in [5, 5.41) is 0. The smallest absolute Gasteiger partial charge is 0.128 e. The number of ether oxygens (including phenoxy) is 1. The minimum absolute atomic E-state index is 0.888. The molecule has 2 aromatic carbocycles. The zero-order valence-corrected chi connectivity index (χ0v) is 15.9. The number of benzene rings is 2. The molecule has 0 unspecified atom stereocenters. The molecular weight excluding hydrogens is 304 g/mol. The Morgan fingerprint density at radius 1 is 1.00 bits per heavy atom. The molecule has 0 aliphatic heterocycles. The van der Waals surface area contributed by atoms with Crippen LogP contribution in [0.25, 0.3) is 11.6 Å². The van der Waals surface area contributed by atoms with E-state index in [4.69, 9.17) is 4.74 Å². The SMILES string of the molecule is CC/C(C)=C(/C)c1cc(Oc2ccc(C=C3CCC3)cc2)ccc1C. The van der Waals surface area contributed by atoms with Crippen molar-refractivity contribution in [3.8, 4) is 11.5 Å². The van der Waals surface area contributed by atoms with E-state index in [1.54, 1.807) is 5.57 Å². The second kappa shape index (κ2) is 7.74. The van der Waals surface area contributed by atoms with Crippen LogP contribution >= 0.6 is 0 Å². The standard InChI is InChI=1S/C24H28O/c1-5-17(2)19(4)24-16-23(12-9-18(24)3)25-22-13-10-21(11-14-22)15-20-7-6-8-20/h9-16H,5-8H2,1-4H3/b19-17-. The summed E-state index contributed by atoms with van der Waals surface area (Å²) in [5.74, 6) is 1.79. The van der Waals surface area contributed by atoms with Crippen molar-refractivity contribution < 1.29 is 4.74 Å². The molecule has 0 saturated heterocycles. The molecule has 25 heavy (non-hydrogen) atoms. The third-order valence-electron chi connectivity index (χ3n) is 5.27. The van der Waals surface area contributed by atoms with E-state index in [1.807, 2.05) is 0 Å². The van der Waals surface area contributed by atoms with Gasteiger partial charge in [0.25, 0.3) is 0 Å². The van der Waals surface area contributed by atoms with Crippen LogP contribution in [0.3, 0.4) is 0 Å². The van der Waals surface area contributed by atoms with Gasteiger partial charge in [0, 0.05) is 0 Å². The minimum Gasteiger partial charge on any atom is -0.457 e. The third kappa shape index (κ3) is 4.22. The molecule has 1 aliphatic carbocycles. The van der Waals surface area contributed by atoms with Crippen molar-refractivity contribution in [2.24, 2.45) is 0 Å². The zero-order chi connectivity index (χ0) is 17.8. The van der Waals surface area contributed by atoms with Gasteiger partial charge in [-0.15, -0.1) is 0 Å². The van der Waals surface area contributed by atoms with Crippen molar-refractivity contribution in [2.45, 2.75) is 53.4 Å². The predicted octanol–water partition coefficient (Wildman–Crippen LogP) is 7.56. The van der Waals surface area contributed by atoms with Gasteiger partial charge in [0.15, 0.2) is 0 Å². The highest BCUT2D eigenvalue weighted by Crippen LogP contribution is 2.31. The third-order valence-corrected chi connectivity index (χ3v) is 5.27. The summed E-state index contributed by atoms with van der Waals surface area (Å²) >= 11 is 0. The fourth-order valence-electron chi connectivity index (χ4n) is 3.09. The summed E-state index contributed by atoms with van der Waals surface area (Å²) in [6.07, 6.45) is 7.24. The van der Waals surface area contributed by atoms with Gasteiger partial charge in [0.05, 0.1) is 0 Å². The number of hydrogen-bond donors (Lipinski definition) is 0. The van der Waals surface area contributed by atoms with E-state index in [0.717, 1.165) is 17.9 Å². The summed E-state index contributed by atoms with van der Waals surface area (Å²) in [6.45, 7) is 8.77. The fourth-order valence-corrected chi connectivity index (χ4v) is 3.09. The summed E-state index contributed by atoms with van der Waals surface area (Å²) in [6, 6.07) is 14.8. The molecule has 0 spiro atoms. The highest BCUT2D eigenvalue weighted by atomic mass is 16.5. The average molecular weight is 332 g/mol. The van der Waals surface area contributed by atoms with Gasteiger partial charge in [-0.1, -0.05) is 42.3 Å². The Morgan fingerprint density at radius 3 is 2.28 bits per heavy atom. The summed E-state index contributed by atoms with van der Waals surface area (Å²) < 4.78 is 6.09. The van der Waals surface area contributed by atoms with E-state index in [-0.39, 0.29) is 0 Å². The summed E-state index contributed by atoms with van der Waals surface area (Å²) in [5.41, 5.74) is 8.18. The lowest BCUT2D eigenvalue weighted by molar-refractivity contribution is 0.482. The quantitative estimate of drug-likeness (QED) is 0.549. The molecule has 0 bridgehead atoms. The summed E-state index contributed by atoms with van der Waals surface area (Å²) in [4.78, 5) is 0. The molecule has 0 radical (unpaired) electrons. The molecule has 0 heterocycles. The van der Waals surface area contributed by atoms with Gasteiger partial charge >= 0.3 is 0 Å². The minimum atomic E-state index is 0.888. The number of hydrogen-bond acceptors (Lipinski definition) is 1. The van der Waals surface area contributed by atoms with Gasteiger partial charge in [0.2, 0.25) is 0 Å². The maximum absolute atomic E-state index is 6.09. The Morgan fingerprint density at radius 2 is 1.68 bits per heavy atom. The second-order valence-corrected chi connectivity index (χ2v) is 7.06. The van der Waals surface area contributed by atoms with Crippen molar-refractivity contribution >= 4 is 11.6 Å². The van der Waals surface area contributed by atoms with Crippen molar-refractivity contribution in [1.29, 1.82) is 0 Å². The van der Waals surface area contributed by atoms with Crippen LogP contribution in [0.2, 0.25) is 0 Å². The first-order chi connectivity index (χ1) is 12.1. The van der Waals surface area contributed by atoms with Gasteiger partial charge < -0.3 is 4.74 Å². The first kappa shape index (κ1) is 17.5. The molecule has 1 saturated carbocycles. The van der Waals surface area contributed by atoms with E-state index in [9.17, 15) is 0 Å². The Bertz CT molecular complexity index is 800. The van der Waals surface area contributed by atoms with Gasteiger partial charge in [-0.2, -0.15) is 0 Å². The summed E-state index contributed by atoms with van der Waals surface area (Å²) in [7, 11) is 0. The molecule has 0 aromatic heterocycles. The van der Waals surface area contributed by atoms with Gasteiger partial charge in [0.1, 0.15) is 11.5 Å². The Labute approximate surface area is 152 Å². The van der Waals surface area contributed by atoms with Crippen LogP contribution in [-0.2, 0) is 0 Å². The van der Waals surface area contributed by atoms with Crippen LogP contribution in [0, 0.1) is 6.92 Å². The number of aryl methyl sites for hydroxylation is 1. The van der Waals surface area contributed by atoms with E-state index in [0.29, 0.717) is 0 Å². The highest BCUT2D eigenvalue weighted by molar-refractivity contribution is 5.70. The molecule has 3 rings (SSSR count). The normalized spacial score (nSPS) is 14.6. The average Bonchev–Trinajstić information content (AvgIpc) is 2.60.